The highest BCUT2D eigenvalue weighted by Crippen LogP contribution is 2.26. The largest absolute Gasteiger partial charge is 0.397 e. The van der Waals surface area contributed by atoms with Gasteiger partial charge in [-0.3, -0.25) is 9.35 Å². The first-order chi connectivity index (χ1) is 29.4. The number of amides is 1. The third kappa shape index (κ3) is 30.6. The van der Waals surface area contributed by atoms with Crippen LogP contribution in [0.5, 0.6) is 0 Å². The molecule has 1 rings (SSSR count). The number of carbonyl (C=O) groups is 1. The molecule has 0 aromatic carbocycles. The SMILES string of the molecule is CCCCCCCCCCCCC/C=C/C(O)C(COC1OC(CO)C(O)C(OS(=O)(=O)O)C1O)NC(=O)C(O)CCCCCCCCCCCCCCCCCCCCC. The topological polar surface area (TPSA) is 212 Å². The molecule has 362 valence electrons. The van der Waals surface area contributed by atoms with Gasteiger partial charge in [0.25, 0.3) is 0 Å². The van der Waals surface area contributed by atoms with E-state index in [1.54, 1.807) is 0 Å². The van der Waals surface area contributed by atoms with E-state index in [1.165, 1.54) is 154 Å². The van der Waals surface area contributed by atoms with E-state index in [0.717, 1.165) is 38.5 Å². The summed E-state index contributed by atoms with van der Waals surface area (Å²) in [6, 6.07) is -1.11. The Morgan fingerprint density at radius 2 is 1.07 bits per heavy atom. The van der Waals surface area contributed by atoms with Gasteiger partial charge in [0.05, 0.1) is 25.4 Å². The zero-order valence-corrected chi connectivity index (χ0v) is 39.2. The van der Waals surface area contributed by atoms with Crippen molar-refractivity contribution in [1.29, 1.82) is 0 Å². The van der Waals surface area contributed by atoms with Crippen LogP contribution in [0.1, 0.15) is 219 Å². The molecule has 1 fully saturated rings. The molecule has 14 heteroatoms. The molecule has 1 heterocycles. The Bertz CT molecular complexity index is 1160. The average molecular weight is 894 g/mol. The molecule has 0 radical (unpaired) electrons. The summed E-state index contributed by atoms with van der Waals surface area (Å²) in [6.45, 7) is 3.23. The van der Waals surface area contributed by atoms with E-state index in [1.807, 2.05) is 6.08 Å². The van der Waals surface area contributed by atoms with Crippen molar-refractivity contribution in [1.82, 2.24) is 5.32 Å². The molecular weight excluding hydrogens is 803 g/mol. The molecule has 8 unspecified atom stereocenters. The molecule has 7 N–H and O–H groups in total. The van der Waals surface area contributed by atoms with Gasteiger partial charge in [0.2, 0.25) is 5.91 Å². The number of carbonyl (C=O) groups excluding carboxylic acids is 1. The second-order valence-corrected chi connectivity index (χ2v) is 18.6. The molecule has 0 bridgehead atoms. The van der Waals surface area contributed by atoms with Crippen LogP contribution >= 0.6 is 0 Å². The Kier molecular flexibility index (Phi) is 36.1. The third-order valence-corrected chi connectivity index (χ3v) is 12.4. The maximum atomic E-state index is 13.1. The van der Waals surface area contributed by atoms with Crippen molar-refractivity contribution in [2.24, 2.45) is 0 Å². The number of nitrogens with one attached hydrogen (secondary N) is 1. The zero-order chi connectivity index (χ0) is 45.0. The molecule has 61 heavy (non-hydrogen) atoms. The molecule has 0 aliphatic carbocycles. The summed E-state index contributed by atoms with van der Waals surface area (Å²) in [7, 11) is -5.11. The van der Waals surface area contributed by atoms with Crippen LogP contribution in [0.4, 0.5) is 0 Å². The van der Waals surface area contributed by atoms with Crippen molar-refractivity contribution in [3.8, 4) is 0 Å². The van der Waals surface area contributed by atoms with Crippen LogP contribution in [0, 0.1) is 0 Å². The van der Waals surface area contributed by atoms with E-state index in [4.69, 9.17) is 9.47 Å². The van der Waals surface area contributed by atoms with Gasteiger partial charge >= 0.3 is 10.4 Å². The molecule has 1 saturated heterocycles. The molecule has 1 amide bonds. The van der Waals surface area contributed by atoms with Crippen LogP contribution in [0.15, 0.2) is 12.2 Å². The van der Waals surface area contributed by atoms with Gasteiger partial charge in [-0.2, -0.15) is 8.42 Å². The van der Waals surface area contributed by atoms with Gasteiger partial charge in [-0.05, 0) is 19.3 Å². The highest BCUT2D eigenvalue weighted by atomic mass is 32.3. The Balaban J connectivity index is 2.51. The Morgan fingerprint density at radius 3 is 1.48 bits per heavy atom. The highest BCUT2D eigenvalue weighted by Gasteiger charge is 2.48. The van der Waals surface area contributed by atoms with E-state index in [0.29, 0.717) is 12.8 Å². The molecule has 8 atom stereocenters. The van der Waals surface area contributed by atoms with Crippen molar-refractivity contribution in [3.63, 3.8) is 0 Å². The summed E-state index contributed by atoms with van der Waals surface area (Å²) in [5, 5.41) is 55.2. The summed E-state index contributed by atoms with van der Waals surface area (Å²) in [6.07, 6.45) is 30.1. The predicted octanol–water partition coefficient (Wildman–Crippen LogP) is 8.92. The number of hydrogen-bond acceptors (Lipinski definition) is 11. The number of aliphatic hydroxyl groups excluding tert-OH is 5. The molecular formula is C47H91NO12S. The second kappa shape index (κ2) is 38.1. The fraction of sp³-hybridized carbons (Fsp3) is 0.936. The lowest BCUT2D eigenvalue weighted by Gasteiger charge is -2.41. The number of hydrogen-bond donors (Lipinski definition) is 7. The lowest BCUT2D eigenvalue weighted by Crippen LogP contribution is -2.61. The fourth-order valence-electron chi connectivity index (χ4n) is 7.99. The second-order valence-electron chi connectivity index (χ2n) is 17.6. The number of rotatable bonds is 42. The minimum Gasteiger partial charge on any atom is -0.394 e. The summed E-state index contributed by atoms with van der Waals surface area (Å²) < 4.78 is 47.5. The van der Waals surface area contributed by atoms with Crippen LogP contribution in [0.3, 0.4) is 0 Å². The van der Waals surface area contributed by atoms with E-state index < -0.39 is 78.5 Å². The van der Waals surface area contributed by atoms with Crippen molar-refractivity contribution in [3.05, 3.63) is 12.2 Å². The van der Waals surface area contributed by atoms with Gasteiger partial charge in [0.1, 0.15) is 30.5 Å². The first-order valence-electron chi connectivity index (χ1n) is 24.7. The number of unbranched alkanes of at least 4 members (excludes halogenated alkanes) is 29. The molecule has 0 aromatic heterocycles. The third-order valence-electron chi connectivity index (χ3n) is 11.9. The Morgan fingerprint density at radius 1 is 0.656 bits per heavy atom. The van der Waals surface area contributed by atoms with Gasteiger partial charge in [-0.15, -0.1) is 0 Å². The predicted molar refractivity (Wildman–Crippen MR) is 242 cm³/mol. The average Bonchev–Trinajstić information content (AvgIpc) is 3.23. The normalized spacial score (nSPS) is 21.2. The monoisotopic (exact) mass is 894 g/mol. The molecule has 0 saturated carbocycles. The first-order valence-corrected chi connectivity index (χ1v) is 26.0. The van der Waals surface area contributed by atoms with E-state index in [9.17, 15) is 43.3 Å². The van der Waals surface area contributed by atoms with Crippen molar-refractivity contribution in [2.45, 2.75) is 268 Å². The van der Waals surface area contributed by atoms with E-state index >= 15 is 0 Å². The Labute approximate surface area is 371 Å². The lowest BCUT2D eigenvalue weighted by atomic mass is 9.99. The molecule has 0 spiro atoms. The summed E-state index contributed by atoms with van der Waals surface area (Å²) >= 11 is 0. The maximum absolute atomic E-state index is 13.1. The lowest BCUT2D eigenvalue weighted by molar-refractivity contribution is -0.298. The van der Waals surface area contributed by atoms with Crippen LogP contribution < -0.4 is 5.32 Å². The Hall–Kier alpha value is -1.20. The van der Waals surface area contributed by atoms with Gasteiger partial charge in [0, 0.05) is 0 Å². The van der Waals surface area contributed by atoms with Crippen LogP contribution in [-0.2, 0) is 28.9 Å². The molecule has 13 nitrogen and oxygen atoms in total. The van der Waals surface area contributed by atoms with Gasteiger partial charge in [-0.1, -0.05) is 212 Å². The van der Waals surface area contributed by atoms with Crippen molar-refractivity contribution in [2.75, 3.05) is 13.2 Å². The molecule has 1 aliphatic rings. The van der Waals surface area contributed by atoms with Crippen LogP contribution in [-0.4, -0.2) is 107 Å². The van der Waals surface area contributed by atoms with Gasteiger partial charge < -0.3 is 40.3 Å². The smallest absolute Gasteiger partial charge is 0.394 e. The summed E-state index contributed by atoms with van der Waals surface area (Å²) in [5.41, 5.74) is 0. The maximum Gasteiger partial charge on any atom is 0.397 e. The molecule has 0 aromatic rings. The quantitative estimate of drug-likeness (QED) is 0.0174. The van der Waals surface area contributed by atoms with Gasteiger partial charge in [-0.25, -0.2) is 4.18 Å². The highest BCUT2D eigenvalue weighted by molar-refractivity contribution is 7.80. The standard InChI is InChI=1S/C47H91NO12S/c1-3-5-7-9-11-13-15-17-18-19-20-21-22-24-26-28-30-32-34-36-41(51)46(54)48-39(40(50)35-33-31-29-27-25-23-16-14-12-10-8-6-4-2)38-58-47-44(53)45(60-61(55,56)57)43(52)42(37-49)59-47/h33,35,39-45,47,49-53H,3-32,34,36-38H2,1-2H3,(H,48,54)(H,55,56,57)/b35-33+. The van der Waals surface area contributed by atoms with Crippen LogP contribution in [0.25, 0.3) is 0 Å². The molecule has 1 aliphatic heterocycles. The van der Waals surface area contributed by atoms with Gasteiger partial charge in [0.15, 0.2) is 6.29 Å². The van der Waals surface area contributed by atoms with Crippen molar-refractivity contribution < 1.29 is 57.0 Å². The summed E-state index contributed by atoms with van der Waals surface area (Å²) in [4.78, 5) is 13.1. The first kappa shape index (κ1) is 57.8. The van der Waals surface area contributed by atoms with Crippen molar-refractivity contribution >= 4 is 16.3 Å². The van der Waals surface area contributed by atoms with E-state index in [-0.39, 0.29) is 6.42 Å². The summed E-state index contributed by atoms with van der Waals surface area (Å²) in [5.74, 6) is -0.699. The number of aliphatic hydroxyl groups is 5. The van der Waals surface area contributed by atoms with E-state index in [2.05, 4.69) is 23.3 Å². The minimum atomic E-state index is -5.11. The number of allylic oxidation sites excluding steroid dienone is 1. The minimum absolute atomic E-state index is 0.248. The van der Waals surface area contributed by atoms with Crippen LogP contribution in [0.2, 0.25) is 0 Å². The number of ether oxygens (including phenoxy) is 2. The zero-order valence-electron chi connectivity index (χ0n) is 38.4. The fourth-order valence-corrected chi connectivity index (χ4v) is 8.50.